The third-order valence-electron chi connectivity index (χ3n) is 2.93. The molecule has 24 heavy (non-hydrogen) atoms. The highest BCUT2D eigenvalue weighted by Gasteiger charge is 2.33. The Morgan fingerprint density at radius 3 is 1.62 bits per heavy atom. The van der Waals surface area contributed by atoms with Gasteiger partial charge in [-0.3, -0.25) is 4.79 Å². The normalized spacial score (nSPS) is 12.4. The number of carbonyl (C=O) groups excluding carboxylic acids is 3. The number of esters is 3. The van der Waals surface area contributed by atoms with Crippen molar-refractivity contribution in [2.24, 2.45) is 10.8 Å². The third kappa shape index (κ3) is 9.12. The molecule has 0 unspecified atom stereocenters. The second kappa shape index (κ2) is 9.90. The van der Waals surface area contributed by atoms with Crippen LogP contribution < -0.4 is 0 Å². The maximum Gasteiger partial charge on any atom is 0.330 e. The van der Waals surface area contributed by atoms with Crippen LogP contribution in [-0.2, 0) is 28.6 Å². The highest BCUT2D eigenvalue weighted by Crippen LogP contribution is 2.22. The minimum Gasteiger partial charge on any atom is -0.464 e. The molecule has 136 valence electrons. The predicted octanol–water partition coefficient (Wildman–Crippen LogP) is 2.82. The molecule has 0 aliphatic carbocycles. The van der Waals surface area contributed by atoms with Crippen molar-refractivity contribution >= 4 is 17.9 Å². The van der Waals surface area contributed by atoms with Crippen molar-refractivity contribution in [2.75, 3.05) is 19.8 Å². The number of hydrogen-bond donors (Lipinski definition) is 0. The molecule has 0 aliphatic heterocycles. The van der Waals surface area contributed by atoms with Gasteiger partial charge < -0.3 is 14.2 Å². The summed E-state index contributed by atoms with van der Waals surface area (Å²) in [6.07, 6.45) is 5.76. The van der Waals surface area contributed by atoms with Crippen molar-refractivity contribution < 1.29 is 28.6 Å². The Balaban J connectivity index is 4.42. The van der Waals surface area contributed by atoms with Gasteiger partial charge in [-0.1, -0.05) is 26.0 Å². The molecule has 0 aliphatic rings. The molecular formula is C18H28O6. The Hall–Kier alpha value is -2.11. The molecular weight excluding hydrogens is 312 g/mol. The van der Waals surface area contributed by atoms with E-state index in [1.165, 1.54) is 12.2 Å². The van der Waals surface area contributed by atoms with Crippen molar-refractivity contribution in [2.45, 2.75) is 41.5 Å². The number of allylic oxidation sites excluding steroid dienone is 2. The van der Waals surface area contributed by atoms with E-state index in [0.717, 1.165) is 0 Å². The summed E-state index contributed by atoms with van der Waals surface area (Å²) in [6.45, 7) is 10.5. The topological polar surface area (TPSA) is 78.9 Å². The first kappa shape index (κ1) is 21.9. The van der Waals surface area contributed by atoms with E-state index in [-0.39, 0.29) is 19.8 Å². The average Bonchev–Trinajstić information content (AvgIpc) is 2.49. The maximum atomic E-state index is 12.2. The van der Waals surface area contributed by atoms with Crippen molar-refractivity contribution in [1.29, 1.82) is 0 Å². The third-order valence-corrected chi connectivity index (χ3v) is 2.93. The summed E-state index contributed by atoms with van der Waals surface area (Å²) < 4.78 is 15.4. The van der Waals surface area contributed by atoms with Crippen LogP contribution in [0.25, 0.3) is 0 Å². The molecule has 6 nitrogen and oxygen atoms in total. The van der Waals surface area contributed by atoms with Gasteiger partial charge in [0.2, 0.25) is 0 Å². The lowest BCUT2D eigenvalue weighted by Gasteiger charge is -2.27. The molecule has 0 radical (unpaired) electrons. The Bertz CT molecular complexity index is 500. The molecule has 0 amide bonds. The van der Waals surface area contributed by atoms with Crippen LogP contribution in [0.1, 0.15) is 41.5 Å². The zero-order valence-electron chi connectivity index (χ0n) is 15.4. The van der Waals surface area contributed by atoms with Crippen molar-refractivity contribution in [3.8, 4) is 0 Å². The minimum atomic E-state index is -0.963. The number of hydrogen-bond acceptors (Lipinski definition) is 6. The quantitative estimate of drug-likeness (QED) is 0.365. The molecule has 0 saturated heterocycles. The lowest BCUT2D eigenvalue weighted by atomic mass is 9.93. The summed E-state index contributed by atoms with van der Waals surface area (Å²) in [7, 11) is 0. The maximum absolute atomic E-state index is 12.2. The molecule has 0 aromatic carbocycles. The second-order valence-electron chi connectivity index (χ2n) is 6.84. The molecule has 0 rings (SSSR count). The lowest BCUT2D eigenvalue weighted by molar-refractivity contribution is -0.164. The van der Waals surface area contributed by atoms with Gasteiger partial charge in [0, 0.05) is 17.6 Å². The Morgan fingerprint density at radius 2 is 1.17 bits per heavy atom. The van der Waals surface area contributed by atoms with Gasteiger partial charge in [0.1, 0.15) is 6.61 Å². The summed E-state index contributed by atoms with van der Waals surface area (Å²) in [5.41, 5.74) is -1.49. The molecule has 0 aromatic rings. The molecule has 0 aromatic heterocycles. The van der Waals surface area contributed by atoms with Crippen molar-refractivity contribution in [3.63, 3.8) is 0 Å². The van der Waals surface area contributed by atoms with Crippen LogP contribution in [0.5, 0.6) is 0 Å². The predicted molar refractivity (Wildman–Crippen MR) is 90.1 cm³/mol. The fourth-order valence-corrected chi connectivity index (χ4v) is 1.44. The highest BCUT2D eigenvalue weighted by atomic mass is 16.6. The van der Waals surface area contributed by atoms with Crippen molar-refractivity contribution in [1.82, 2.24) is 0 Å². The fourth-order valence-electron chi connectivity index (χ4n) is 1.44. The van der Waals surface area contributed by atoms with Gasteiger partial charge in [-0.25, -0.2) is 9.59 Å². The lowest BCUT2D eigenvalue weighted by Crippen LogP contribution is -2.36. The van der Waals surface area contributed by atoms with E-state index in [9.17, 15) is 14.4 Å². The Morgan fingerprint density at radius 1 is 0.750 bits per heavy atom. The minimum absolute atomic E-state index is 0.0777. The van der Waals surface area contributed by atoms with Gasteiger partial charge in [-0.2, -0.15) is 0 Å². The second-order valence-corrected chi connectivity index (χ2v) is 6.84. The first-order chi connectivity index (χ1) is 11.0. The molecule has 0 fully saturated rings. The van der Waals surface area contributed by atoms with Crippen molar-refractivity contribution in [3.05, 3.63) is 24.3 Å². The molecule has 0 atom stereocenters. The summed E-state index contributed by atoms with van der Waals surface area (Å²) >= 11 is 0. The molecule has 0 bridgehead atoms. The Kier molecular flexibility index (Phi) is 9.03. The van der Waals surface area contributed by atoms with Crippen LogP contribution >= 0.6 is 0 Å². The van der Waals surface area contributed by atoms with Crippen LogP contribution in [-0.4, -0.2) is 37.7 Å². The smallest absolute Gasteiger partial charge is 0.330 e. The molecule has 0 heterocycles. The largest absolute Gasteiger partial charge is 0.464 e. The van der Waals surface area contributed by atoms with E-state index < -0.39 is 28.7 Å². The SMILES string of the molecule is C/C=C/C(=O)OCC(C)(C)COC(=O)C(C)(C)COC(=O)/C=C/C. The molecule has 0 spiro atoms. The summed E-state index contributed by atoms with van der Waals surface area (Å²) in [5, 5.41) is 0. The summed E-state index contributed by atoms with van der Waals surface area (Å²) in [4.78, 5) is 34.8. The Labute approximate surface area is 143 Å². The van der Waals surface area contributed by atoms with Crippen LogP contribution in [0, 0.1) is 10.8 Å². The summed E-state index contributed by atoms with van der Waals surface area (Å²) in [6, 6.07) is 0. The average molecular weight is 340 g/mol. The van der Waals surface area contributed by atoms with Gasteiger partial charge in [0.25, 0.3) is 0 Å². The van der Waals surface area contributed by atoms with Gasteiger partial charge in [0.15, 0.2) is 0 Å². The molecule has 0 N–H and O–H groups in total. The summed E-state index contributed by atoms with van der Waals surface area (Å²) in [5.74, 6) is -1.42. The monoisotopic (exact) mass is 340 g/mol. The number of rotatable bonds is 9. The van der Waals surface area contributed by atoms with E-state index in [4.69, 9.17) is 14.2 Å². The fraction of sp³-hybridized carbons (Fsp3) is 0.611. The van der Waals surface area contributed by atoms with E-state index >= 15 is 0 Å². The van der Waals surface area contributed by atoms with E-state index in [2.05, 4.69) is 0 Å². The zero-order valence-corrected chi connectivity index (χ0v) is 15.4. The van der Waals surface area contributed by atoms with E-state index in [0.29, 0.717) is 0 Å². The van der Waals surface area contributed by atoms with Crippen LogP contribution in [0.4, 0.5) is 0 Å². The van der Waals surface area contributed by atoms with Crippen LogP contribution in [0.3, 0.4) is 0 Å². The van der Waals surface area contributed by atoms with E-state index in [1.54, 1.807) is 39.8 Å². The van der Waals surface area contributed by atoms with E-state index in [1.807, 2.05) is 13.8 Å². The number of carbonyl (C=O) groups is 3. The first-order valence-electron chi connectivity index (χ1n) is 7.80. The molecule has 6 heteroatoms. The molecule has 0 saturated carbocycles. The van der Waals surface area contributed by atoms with Crippen LogP contribution in [0.15, 0.2) is 24.3 Å². The first-order valence-corrected chi connectivity index (χ1v) is 7.80. The van der Waals surface area contributed by atoms with Gasteiger partial charge >= 0.3 is 17.9 Å². The van der Waals surface area contributed by atoms with Gasteiger partial charge in [0.05, 0.1) is 18.6 Å². The highest BCUT2D eigenvalue weighted by molar-refractivity contribution is 5.83. The van der Waals surface area contributed by atoms with Crippen LogP contribution in [0.2, 0.25) is 0 Å². The zero-order chi connectivity index (χ0) is 18.8. The standard InChI is InChI=1S/C18H28O6/c1-7-9-14(19)22-11-17(3,4)12-24-16(21)18(5,6)13-23-15(20)10-8-2/h7-10H,11-13H2,1-6H3/b9-7+,10-8+. The van der Waals surface area contributed by atoms with Gasteiger partial charge in [-0.05, 0) is 27.7 Å². The van der Waals surface area contributed by atoms with Gasteiger partial charge in [-0.15, -0.1) is 0 Å². The number of ether oxygens (including phenoxy) is 3.